The number of anilines is 1. The molecule has 3 nitrogen and oxygen atoms in total. The highest BCUT2D eigenvalue weighted by molar-refractivity contribution is 6.36. The van der Waals surface area contributed by atoms with Crippen molar-refractivity contribution in [1.29, 1.82) is 0 Å². The van der Waals surface area contributed by atoms with Gasteiger partial charge in [-0.1, -0.05) is 37.0 Å². The van der Waals surface area contributed by atoms with Gasteiger partial charge in [0.25, 0.3) is 0 Å². The Labute approximate surface area is 111 Å². The predicted molar refractivity (Wildman–Crippen MR) is 72.8 cm³/mol. The van der Waals surface area contributed by atoms with Gasteiger partial charge in [-0.3, -0.25) is 4.79 Å². The van der Waals surface area contributed by atoms with E-state index in [4.69, 9.17) is 23.2 Å². The van der Waals surface area contributed by atoms with Crippen LogP contribution in [0.5, 0.6) is 0 Å². The van der Waals surface area contributed by atoms with Crippen LogP contribution >= 0.6 is 23.2 Å². The zero-order valence-corrected chi connectivity index (χ0v) is 11.4. The second kappa shape index (κ2) is 6.84. The molecule has 2 N–H and O–H groups in total. The highest BCUT2D eigenvalue weighted by atomic mass is 35.5. The van der Waals surface area contributed by atoms with Crippen LogP contribution in [-0.4, -0.2) is 18.5 Å². The van der Waals surface area contributed by atoms with Crippen LogP contribution in [0.2, 0.25) is 10.0 Å². The van der Waals surface area contributed by atoms with Crippen LogP contribution < -0.4 is 10.6 Å². The molecule has 1 amide bonds. The maximum absolute atomic E-state index is 11.6. The molecule has 0 aliphatic heterocycles. The molecule has 0 aliphatic rings. The van der Waals surface area contributed by atoms with E-state index >= 15 is 0 Å². The molecule has 0 unspecified atom stereocenters. The summed E-state index contributed by atoms with van der Waals surface area (Å²) >= 11 is 11.7. The molecule has 94 valence electrons. The molecule has 17 heavy (non-hydrogen) atoms. The smallest absolute Gasteiger partial charge is 0.225 e. The number of rotatable bonds is 5. The molecular weight excluding hydrogens is 259 g/mol. The summed E-state index contributed by atoms with van der Waals surface area (Å²) in [4.78, 5) is 11.6. The second-order valence-electron chi connectivity index (χ2n) is 4.03. The lowest BCUT2D eigenvalue weighted by Gasteiger charge is -2.09. The Kier molecular flexibility index (Phi) is 5.75. The Bertz CT molecular complexity index is 394. The molecule has 0 heterocycles. The third-order valence-electron chi connectivity index (χ3n) is 2.11. The number of halogens is 2. The lowest BCUT2D eigenvalue weighted by atomic mass is 10.3. The summed E-state index contributed by atoms with van der Waals surface area (Å²) in [7, 11) is 0. The van der Waals surface area contributed by atoms with E-state index in [1.54, 1.807) is 18.2 Å². The first-order chi connectivity index (χ1) is 7.99. The Morgan fingerprint density at radius 1 is 1.35 bits per heavy atom. The SMILES string of the molecule is CC(C)NCCC(=O)Nc1ccc(Cl)cc1Cl. The van der Waals surface area contributed by atoms with Crippen molar-refractivity contribution in [3.05, 3.63) is 28.2 Å². The van der Waals surface area contributed by atoms with Crippen LogP contribution in [-0.2, 0) is 4.79 Å². The van der Waals surface area contributed by atoms with Gasteiger partial charge in [-0.25, -0.2) is 0 Å². The van der Waals surface area contributed by atoms with E-state index < -0.39 is 0 Å². The third-order valence-corrected chi connectivity index (χ3v) is 2.66. The highest BCUT2D eigenvalue weighted by Crippen LogP contribution is 2.25. The summed E-state index contributed by atoms with van der Waals surface area (Å²) in [6, 6.07) is 5.36. The van der Waals surface area contributed by atoms with Crippen LogP contribution in [0.25, 0.3) is 0 Å². The van der Waals surface area contributed by atoms with E-state index in [1.807, 2.05) is 13.8 Å². The number of benzene rings is 1. The van der Waals surface area contributed by atoms with Gasteiger partial charge >= 0.3 is 0 Å². The summed E-state index contributed by atoms with van der Waals surface area (Å²) in [6.45, 7) is 4.72. The summed E-state index contributed by atoms with van der Waals surface area (Å²) in [5, 5.41) is 6.91. The topological polar surface area (TPSA) is 41.1 Å². The normalized spacial score (nSPS) is 10.6. The zero-order chi connectivity index (χ0) is 12.8. The fourth-order valence-electron chi connectivity index (χ4n) is 1.28. The van der Waals surface area contributed by atoms with Gasteiger partial charge < -0.3 is 10.6 Å². The first-order valence-electron chi connectivity index (χ1n) is 5.47. The highest BCUT2D eigenvalue weighted by Gasteiger charge is 2.06. The number of amides is 1. The first kappa shape index (κ1) is 14.3. The van der Waals surface area contributed by atoms with E-state index in [9.17, 15) is 4.79 Å². The molecule has 1 rings (SSSR count). The molecule has 0 radical (unpaired) electrons. The molecule has 0 saturated heterocycles. The molecular formula is C12H16Cl2N2O. The van der Waals surface area contributed by atoms with Crippen molar-refractivity contribution < 1.29 is 4.79 Å². The van der Waals surface area contributed by atoms with Crippen LogP contribution in [0.4, 0.5) is 5.69 Å². The average molecular weight is 275 g/mol. The van der Waals surface area contributed by atoms with Crippen molar-refractivity contribution in [2.24, 2.45) is 0 Å². The number of nitrogens with one attached hydrogen (secondary N) is 2. The molecule has 1 aromatic carbocycles. The number of hydrogen-bond acceptors (Lipinski definition) is 2. The predicted octanol–water partition coefficient (Wildman–Crippen LogP) is 3.32. The van der Waals surface area contributed by atoms with Crippen LogP contribution in [0, 0.1) is 0 Å². The van der Waals surface area contributed by atoms with E-state index in [0.29, 0.717) is 34.7 Å². The van der Waals surface area contributed by atoms with Crippen molar-refractivity contribution in [3.63, 3.8) is 0 Å². The van der Waals surface area contributed by atoms with Gasteiger partial charge in [0.2, 0.25) is 5.91 Å². The van der Waals surface area contributed by atoms with Crippen molar-refractivity contribution in [1.82, 2.24) is 5.32 Å². The lowest BCUT2D eigenvalue weighted by Crippen LogP contribution is -2.27. The minimum absolute atomic E-state index is 0.0672. The van der Waals surface area contributed by atoms with Gasteiger partial charge in [0.1, 0.15) is 0 Å². The molecule has 0 aromatic heterocycles. The van der Waals surface area contributed by atoms with E-state index in [2.05, 4.69) is 10.6 Å². The molecule has 0 spiro atoms. The van der Waals surface area contributed by atoms with Gasteiger partial charge in [0, 0.05) is 24.0 Å². The fraction of sp³-hybridized carbons (Fsp3) is 0.417. The Balaban J connectivity index is 2.45. The molecule has 1 aromatic rings. The largest absolute Gasteiger partial charge is 0.325 e. The van der Waals surface area contributed by atoms with E-state index in [-0.39, 0.29) is 5.91 Å². The molecule has 0 aliphatic carbocycles. The van der Waals surface area contributed by atoms with Crippen molar-refractivity contribution in [2.45, 2.75) is 26.3 Å². The van der Waals surface area contributed by atoms with Gasteiger partial charge in [-0.15, -0.1) is 0 Å². The van der Waals surface area contributed by atoms with Crippen LogP contribution in [0.1, 0.15) is 20.3 Å². The zero-order valence-electron chi connectivity index (χ0n) is 9.89. The first-order valence-corrected chi connectivity index (χ1v) is 6.23. The molecule has 0 bridgehead atoms. The van der Waals surface area contributed by atoms with Crippen molar-refractivity contribution in [3.8, 4) is 0 Å². The van der Waals surface area contributed by atoms with Crippen molar-refractivity contribution in [2.75, 3.05) is 11.9 Å². The maximum Gasteiger partial charge on any atom is 0.225 e. The minimum atomic E-state index is -0.0672. The molecule has 0 fully saturated rings. The summed E-state index contributed by atoms with van der Waals surface area (Å²) in [5.41, 5.74) is 0.589. The Morgan fingerprint density at radius 2 is 2.06 bits per heavy atom. The number of hydrogen-bond donors (Lipinski definition) is 2. The molecule has 0 saturated carbocycles. The van der Waals surface area contributed by atoms with E-state index in [1.165, 1.54) is 0 Å². The lowest BCUT2D eigenvalue weighted by molar-refractivity contribution is -0.116. The maximum atomic E-state index is 11.6. The summed E-state index contributed by atoms with van der Waals surface area (Å²) in [6.07, 6.45) is 0.414. The third kappa shape index (κ3) is 5.39. The van der Waals surface area contributed by atoms with Crippen LogP contribution in [0.3, 0.4) is 0 Å². The molecule has 5 heteroatoms. The minimum Gasteiger partial charge on any atom is -0.325 e. The Morgan fingerprint density at radius 3 is 2.65 bits per heavy atom. The summed E-state index contributed by atoms with van der Waals surface area (Å²) in [5.74, 6) is -0.0672. The van der Waals surface area contributed by atoms with E-state index in [0.717, 1.165) is 0 Å². The second-order valence-corrected chi connectivity index (χ2v) is 4.87. The monoisotopic (exact) mass is 274 g/mol. The quantitative estimate of drug-likeness (QED) is 0.865. The van der Waals surface area contributed by atoms with Crippen molar-refractivity contribution >= 4 is 34.8 Å². The molecule has 0 atom stereocenters. The average Bonchev–Trinajstić information content (AvgIpc) is 2.21. The fourth-order valence-corrected chi connectivity index (χ4v) is 1.73. The van der Waals surface area contributed by atoms with Gasteiger partial charge in [-0.2, -0.15) is 0 Å². The number of carbonyl (C=O) groups is 1. The van der Waals surface area contributed by atoms with Gasteiger partial charge in [-0.05, 0) is 18.2 Å². The van der Waals surface area contributed by atoms with Crippen LogP contribution in [0.15, 0.2) is 18.2 Å². The van der Waals surface area contributed by atoms with Gasteiger partial charge in [0.05, 0.1) is 10.7 Å². The van der Waals surface area contributed by atoms with Gasteiger partial charge in [0.15, 0.2) is 0 Å². The number of carbonyl (C=O) groups excluding carboxylic acids is 1. The Hall–Kier alpha value is -0.770. The standard InChI is InChI=1S/C12H16Cl2N2O/c1-8(2)15-6-5-12(17)16-11-4-3-9(13)7-10(11)14/h3-4,7-8,15H,5-6H2,1-2H3,(H,16,17). The summed E-state index contributed by atoms with van der Waals surface area (Å²) < 4.78 is 0.